The number of amides is 2. The number of ether oxygens (including phenoxy) is 2. The Labute approximate surface area is 247 Å². The molecular formula is C29H43N9O4. The summed E-state index contributed by atoms with van der Waals surface area (Å²) >= 11 is 0. The average Bonchev–Trinajstić information content (AvgIpc) is 3.31. The number of piperazine rings is 1. The largest absolute Gasteiger partial charge is 0.459 e. The van der Waals surface area contributed by atoms with E-state index in [0.717, 1.165) is 35.5 Å². The van der Waals surface area contributed by atoms with Crippen LogP contribution >= 0.6 is 0 Å². The van der Waals surface area contributed by atoms with Crippen LogP contribution in [0.5, 0.6) is 6.01 Å². The SMILES string of the molecule is CCC[C@@H](C)Oc1nc(N)c2ncc(Cc3cnc(N4CCN(C(=O)CN(C)C(=O)OC(C)(C)C)CC4)c(C)c3)n2n1. The zero-order chi connectivity index (χ0) is 30.6. The summed E-state index contributed by atoms with van der Waals surface area (Å²) in [7, 11) is 1.58. The molecule has 1 aliphatic heterocycles. The predicted molar refractivity (Wildman–Crippen MR) is 160 cm³/mol. The van der Waals surface area contributed by atoms with Crippen molar-refractivity contribution in [2.24, 2.45) is 0 Å². The van der Waals surface area contributed by atoms with Crippen LogP contribution in [-0.4, -0.2) is 97.8 Å². The Bertz CT molecular complexity index is 1410. The molecule has 0 aliphatic carbocycles. The molecular weight excluding hydrogens is 538 g/mol. The van der Waals surface area contributed by atoms with Gasteiger partial charge in [-0.1, -0.05) is 19.4 Å². The average molecular weight is 582 g/mol. The van der Waals surface area contributed by atoms with Crippen LogP contribution in [0.4, 0.5) is 16.4 Å². The number of imidazole rings is 1. The lowest BCUT2D eigenvalue weighted by atomic mass is 10.1. The first kappa shape index (κ1) is 30.8. The van der Waals surface area contributed by atoms with E-state index in [1.54, 1.807) is 43.4 Å². The first-order chi connectivity index (χ1) is 19.8. The molecule has 1 fully saturated rings. The van der Waals surface area contributed by atoms with E-state index < -0.39 is 11.7 Å². The lowest BCUT2D eigenvalue weighted by molar-refractivity contribution is -0.132. The van der Waals surface area contributed by atoms with Gasteiger partial charge in [0.25, 0.3) is 0 Å². The second-order valence-corrected chi connectivity index (χ2v) is 11.8. The summed E-state index contributed by atoms with van der Waals surface area (Å²) in [5.41, 5.74) is 8.93. The summed E-state index contributed by atoms with van der Waals surface area (Å²) in [6.07, 6.45) is 5.54. The molecule has 0 unspecified atom stereocenters. The fraction of sp³-hybridized carbons (Fsp3) is 0.586. The lowest BCUT2D eigenvalue weighted by Gasteiger charge is -2.36. The summed E-state index contributed by atoms with van der Waals surface area (Å²) in [5, 5.41) is 4.54. The van der Waals surface area contributed by atoms with Gasteiger partial charge in [-0.25, -0.2) is 19.3 Å². The predicted octanol–water partition coefficient (Wildman–Crippen LogP) is 3.08. The van der Waals surface area contributed by atoms with Gasteiger partial charge in [-0.2, -0.15) is 4.98 Å². The molecule has 1 atom stereocenters. The van der Waals surface area contributed by atoms with Crippen LogP contribution in [-0.2, 0) is 16.0 Å². The van der Waals surface area contributed by atoms with Crippen LogP contribution in [0.3, 0.4) is 0 Å². The molecule has 3 aromatic rings. The van der Waals surface area contributed by atoms with E-state index in [-0.39, 0.29) is 30.4 Å². The number of nitrogens with zero attached hydrogens (tertiary/aromatic N) is 8. The number of nitrogen functional groups attached to an aromatic ring is 1. The maximum absolute atomic E-state index is 12.8. The van der Waals surface area contributed by atoms with Gasteiger partial charge in [-0.05, 0) is 52.2 Å². The number of rotatable bonds is 9. The van der Waals surface area contributed by atoms with Gasteiger partial charge in [-0.15, -0.1) is 5.10 Å². The molecule has 3 aromatic heterocycles. The molecule has 1 saturated heterocycles. The zero-order valence-corrected chi connectivity index (χ0v) is 25.8. The zero-order valence-electron chi connectivity index (χ0n) is 25.8. The van der Waals surface area contributed by atoms with Crippen molar-refractivity contribution in [3.8, 4) is 6.01 Å². The summed E-state index contributed by atoms with van der Waals surface area (Å²) in [6, 6.07) is 2.35. The first-order valence-electron chi connectivity index (χ1n) is 14.4. The van der Waals surface area contributed by atoms with Crippen molar-refractivity contribution in [3.63, 3.8) is 0 Å². The molecule has 2 N–H and O–H groups in total. The highest BCUT2D eigenvalue weighted by molar-refractivity contribution is 5.82. The summed E-state index contributed by atoms with van der Waals surface area (Å²) in [4.78, 5) is 43.8. The molecule has 13 heteroatoms. The fourth-order valence-electron chi connectivity index (χ4n) is 4.88. The maximum atomic E-state index is 12.8. The van der Waals surface area contributed by atoms with E-state index in [4.69, 9.17) is 20.2 Å². The highest BCUT2D eigenvalue weighted by atomic mass is 16.6. The molecule has 2 amide bonds. The van der Waals surface area contributed by atoms with Crippen LogP contribution in [0, 0.1) is 6.92 Å². The van der Waals surface area contributed by atoms with Crippen molar-refractivity contribution in [1.82, 2.24) is 34.4 Å². The highest BCUT2D eigenvalue weighted by Crippen LogP contribution is 2.23. The van der Waals surface area contributed by atoms with Crippen molar-refractivity contribution in [3.05, 3.63) is 35.3 Å². The minimum Gasteiger partial charge on any atom is -0.459 e. The van der Waals surface area contributed by atoms with Gasteiger partial charge in [-0.3, -0.25) is 4.79 Å². The molecule has 0 bridgehead atoms. The van der Waals surface area contributed by atoms with Gasteiger partial charge in [0, 0.05) is 45.8 Å². The Hall–Kier alpha value is -4.16. The smallest absolute Gasteiger partial charge is 0.410 e. The van der Waals surface area contributed by atoms with E-state index in [1.165, 1.54) is 4.90 Å². The Kier molecular flexibility index (Phi) is 9.37. The summed E-state index contributed by atoms with van der Waals surface area (Å²) < 4.78 is 12.9. The number of hydrogen-bond acceptors (Lipinski definition) is 10. The van der Waals surface area contributed by atoms with Gasteiger partial charge < -0.3 is 29.9 Å². The number of hydrogen-bond donors (Lipinski definition) is 1. The molecule has 4 rings (SSSR count). The Morgan fingerprint density at radius 3 is 2.50 bits per heavy atom. The number of carbonyl (C=O) groups is 2. The van der Waals surface area contributed by atoms with E-state index in [0.29, 0.717) is 38.2 Å². The number of nitrogens with two attached hydrogens (primary N) is 1. The minimum absolute atomic E-state index is 0.0169. The van der Waals surface area contributed by atoms with Gasteiger partial charge in [0.05, 0.1) is 18.0 Å². The second-order valence-electron chi connectivity index (χ2n) is 11.8. The number of aryl methyl sites for hydroxylation is 1. The molecule has 0 aromatic carbocycles. The van der Waals surface area contributed by atoms with Crippen molar-refractivity contribution in [1.29, 1.82) is 0 Å². The third kappa shape index (κ3) is 7.56. The Morgan fingerprint density at radius 2 is 1.86 bits per heavy atom. The van der Waals surface area contributed by atoms with Crippen LogP contribution in [0.1, 0.15) is 64.3 Å². The number of anilines is 2. The van der Waals surface area contributed by atoms with Crippen LogP contribution in [0.2, 0.25) is 0 Å². The van der Waals surface area contributed by atoms with Crippen LogP contribution < -0.4 is 15.4 Å². The minimum atomic E-state index is -0.610. The number of likely N-dealkylation sites (N-methyl/N-ethyl adjacent to an activating group) is 1. The number of carbonyl (C=O) groups excluding carboxylic acids is 2. The second kappa shape index (κ2) is 12.8. The van der Waals surface area contributed by atoms with Crippen molar-refractivity contribution in [2.45, 2.75) is 72.5 Å². The lowest BCUT2D eigenvalue weighted by Crippen LogP contribution is -2.52. The Morgan fingerprint density at radius 1 is 1.14 bits per heavy atom. The van der Waals surface area contributed by atoms with Crippen molar-refractivity contribution in [2.75, 3.05) is 50.4 Å². The van der Waals surface area contributed by atoms with Crippen LogP contribution in [0.25, 0.3) is 5.65 Å². The third-order valence-electron chi connectivity index (χ3n) is 6.94. The van der Waals surface area contributed by atoms with Crippen molar-refractivity contribution >= 4 is 29.3 Å². The first-order valence-corrected chi connectivity index (χ1v) is 14.4. The molecule has 4 heterocycles. The van der Waals surface area contributed by atoms with E-state index in [2.05, 4.69) is 33.0 Å². The molecule has 0 spiro atoms. The topological polar surface area (TPSA) is 144 Å². The standard InChI is InChI=1S/C29H43N9O4/c1-8-9-20(3)41-27-33-24(30)26-32-17-22(38(26)34-27)15-21-14-19(2)25(31-16-21)37-12-10-36(11-13-37)23(39)18-35(7)28(40)42-29(4,5)6/h14,16-17,20H,8-13,15,18H2,1-7H3,(H2,30,33,34)/t20-/m1/s1. The van der Waals surface area contributed by atoms with Gasteiger partial charge in [0.15, 0.2) is 11.5 Å². The van der Waals surface area contributed by atoms with E-state index >= 15 is 0 Å². The van der Waals surface area contributed by atoms with Gasteiger partial charge in [0.2, 0.25) is 5.91 Å². The number of aromatic nitrogens is 5. The van der Waals surface area contributed by atoms with Gasteiger partial charge >= 0.3 is 12.1 Å². The molecule has 228 valence electrons. The fourth-order valence-corrected chi connectivity index (χ4v) is 4.88. The van der Waals surface area contributed by atoms with Crippen LogP contribution in [0.15, 0.2) is 18.5 Å². The summed E-state index contributed by atoms with van der Waals surface area (Å²) in [6.45, 7) is 13.9. The third-order valence-corrected chi connectivity index (χ3v) is 6.94. The maximum Gasteiger partial charge on any atom is 0.410 e. The molecule has 42 heavy (non-hydrogen) atoms. The number of fused-ring (bicyclic) bond motifs is 1. The molecule has 13 nitrogen and oxygen atoms in total. The highest BCUT2D eigenvalue weighted by Gasteiger charge is 2.26. The normalized spacial score (nSPS) is 14.6. The molecule has 0 saturated carbocycles. The quantitative estimate of drug-likeness (QED) is 0.400. The van der Waals surface area contributed by atoms with Gasteiger partial charge in [0.1, 0.15) is 18.0 Å². The Balaban J connectivity index is 1.37. The molecule has 0 radical (unpaired) electrons. The molecule has 1 aliphatic rings. The monoisotopic (exact) mass is 581 g/mol. The summed E-state index contributed by atoms with van der Waals surface area (Å²) in [5.74, 6) is 1.06. The number of pyridine rings is 1. The van der Waals surface area contributed by atoms with E-state index in [1.807, 2.05) is 20.0 Å². The van der Waals surface area contributed by atoms with E-state index in [9.17, 15) is 9.59 Å². The van der Waals surface area contributed by atoms with Crippen molar-refractivity contribution < 1.29 is 19.1 Å².